The molecule has 2 aromatic rings. The van der Waals surface area contributed by atoms with Gasteiger partial charge >= 0.3 is 0 Å². The molecule has 5 heteroatoms. The lowest BCUT2D eigenvalue weighted by Crippen LogP contribution is -1.97. The van der Waals surface area contributed by atoms with Crippen LogP contribution in [0.25, 0.3) is 11.3 Å². The van der Waals surface area contributed by atoms with Gasteiger partial charge in [0.05, 0.1) is 5.69 Å². The van der Waals surface area contributed by atoms with Crippen molar-refractivity contribution in [2.24, 2.45) is 5.73 Å². The fourth-order valence-corrected chi connectivity index (χ4v) is 1.25. The van der Waals surface area contributed by atoms with Gasteiger partial charge in [0.1, 0.15) is 11.6 Å². The van der Waals surface area contributed by atoms with E-state index in [0.717, 1.165) is 11.3 Å². The van der Waals surface area contributed by atoms with Crippen molar-refractivity contribution in [2.45, 2.75) is 20.8 Å². The summed E-state index contributed by atoms with van der Waals surface area (Å²) < 4.78 is 0. The van der Waals surface area contributed by atoms with Gasteiger partial charge < -0.3 is 11.5 Å². The number of anilines is 1. The molecule has 0 bridgehead atoms. The first kappa shape index (κ1) is 16.0. The highest BCUT2D eigenvalue weighted by Gasteiger charge is 2.01. The van der Waals surface area contributed by atoms with E-state index in [4.69, 9.17) is 5.73 Å². The standard InChI is InChI=1S/C10H10N4.C2H6.CH5N/c1-7-13-9(5-10(11)14-7)8-3-2-4-12-6-8;2*1-2/h2-6H,1H3,(H2,11,13,14);1-2H3;2H2,1H3. The van der Waals surface area contributed by atoms with Gasteiger partial charge in [-0.05, 0) is 26.1 Å². The number of hydrogen-bond donors (Lipinski definition) is 2. The van der Waals surface area contributed by atoms with Crippen LogP contribution in [0, 0.1) is 6.92 Å². The smallest absolute Gasteiger partial charge is 0.128 e. The lowest BCUT2D eigenvalue weighted by atomic mass is 10.2. The minimum atomic E-state index is 0.483. The van der Waals surface area contributed by atoms with Crippen LogP contribution in [0.4, 0.5) is 5.82 Å². The Morgan fingerprint density at radius 2 is 1.78 bits per heavy atom. The normalized spacial score (nSPS) is 8.50. The summed E-state index contributed by atoms with van der Waals surface area (Å²) in [7, 11) is 1.50. The molecule has 2 aromatic heterocycles. The van der Waals surface area contributed by atoms with Gasteiger partial charge in [-0.3, -0.25) is 4.98 Å². The van der Waals surface area contributed by atoms with E-state index in [-0.39, 0.29) is 0 Å². The van der Waals surface area contributed by atoms with Gasteiger partial charge in [-0.1, -0.05) is 13.8 Å². The number of rotatable bonds is 1. The number of nitrogen functional groups attached to an aromatic ring is 1. The van der Waals surface area contributed by atoms with Crippen molar-refractivity contribution in [3.8, 4) is 11.3 Å². The topological polar surface area (TPSA) is 90.7 Å². The van der Waals surface area contributed by atoms with Crippen molar-refractivity contribution < 1.29 is 0 Å². The number of aromatic nitrogens is 3. The van der Waals surface area contributed by atoms with E-state index in [0.29, 0.717) is 11.6 Å². The first-order valence-electron chi connectivity index (χ1n) is 5.85. The summed E-state index contributed by atoms with van der Waals surface area (Å²) in [4.78, 5) is 12.3. The first-order chi connectivity index (χ1) is 8.75. The molecule has 0 saturated carbocycles. The number of aryl methyl sites for hydroxylation is 1. The van der Waals surface area contributed by atoms with Crippen molar-refractivity contribution in [3.05, 3.63) is 36.4 Å². The maximum Gasteiger partial charge on any atom is 0.128 e. The molecule has 2 rings (SSSR count). The second-order valence-electron chi connectivity index (χ2n) is 2.97. The highest BCUT2D eigenvalue weighted by atomic mass is 14.9. The summed E-state index contributed by atoms with van der Waals surface area (Å²) in [5.41, 5.74) is 11.9. The maximum atomic E-state index is 5.63. The molecule has 0 radical (unpaired) electrons. The zero-order valence-electron chi connectivity index (χ0n) is 11.4. The summed E-state index contributed by atoms with van der Waals surface area (Å²) in [5.74, 6) is 1.15. The van der Waals surface area contributed by atoms with Crippen molar-refractivity contribution in [2.75, 3.05) is 12.8 Å². The molecule has 0 unspecified atom stereocenters. The van der Waals surface area contributed by atoms with Crippen molar-refractivity contribution in [1.82, 2.24) is 15.0 Å². The second-order valence-corrected chi connectivity index (χ2v) is 2.97. The molecule has 0 spiro atoms. The molecule has 0 aliphatic heterocycles. The van der Waals surface area contributed by atoms with E-state index >= 15 is 0 Å². The minimum Gasteiger partial charge on any atom is -0.384 e. The van der Waals surface area contributed by atoms with Crippen LogP contribution < -0.4 is 11.5 Å². The van der Waals surface area contributed by atoms with Gasteiger partial charge in [-0.2, -0.15) is 0 Å². The molecule has 0 saturated heterocycles. The molecule has 0 aliphatic rings. The zero-order valence-corrected chi connectivity index (χ0v) is 11.4. The van der Waals surface area contributed by atoms with E-state index in [9.17, 15) is 0 Å². The lowest BCUT2D eigenvalue weighted by molar-refractivity contribution is 1.06. The lowest BCUT2D eigenvalue weighted by Gasteiger charge is -2.02. The van der Waals surface area contributed by atoms with E-state index < -0.39 is 0 Å². The Balaban J connectivity index is 0.000000659. The maximum absolute atomic E-state index is 5.63. The molecule has 98 valence electrons. The first-order valence-corrected chi connectivity index (χ1v) is 5.85. The Morgan fingerprint density at radius 3 is 2.28 bits per heavy atom. The molecule has 5 nitrogen and oxygen atoms in total. The van der Waals surface area contributed by atoms with Crippen LogP contribution in [0.15, 0.2) is 30.6 Å². The summed E-state index contributed by atoms with van der Waals surface area (Å²) in [6.07, 6.45) is 3.47. The van der Waals surface area contributed by atoms with Gasteiger partial charge in [0.15, 0.2) is 0 Å². The van der Waals surface area contributed by atoms with E-state index in [1.54, 1.807) is 18.5 Å². The Morgan fingerprint density at radius 1 is 1.11 bits per heavy atom. The van der Waals surface area contributed by atoms with Crippen molar-refractivity contribution >= 4 is 5.82 Å². The van der Waals surface area contributed by atoms with Gasteiger partial charge in [0.25, 0.3) is 0 Å². The Kier molecular flexibility index (Phi) is 8.05. The van der Waals surface area contributed by atoms with Gasteiger partial charge in [-0.15, -0.1) is 0 Å². The minimum absolute atomic E-state index is 0.483. The van der Waals surface area contributed by atoms with E-state index in [1.807, 2.05) is 32.9 Å². The Bertz CT molecular complexity index is 422. The average Bonchev–Trinajstić information content (AvgIpc) is 2.43. The molecule has 0 aliphatic carbocycles. The molecular weight excluding hydrogens is 226 g/mol. The Hall–Kier alpha value is -2.01. The quantitative estimate of drug-likeness (QED) is 0.804. The third kappa shape index (κ3) is 4.88. The largest absolute Gasteiger partial charge is 0.384 e. The monoisotopic (exact) mass is 247 g/mol. The summed E-state index contributed by atoms with van der Waals surface area (Å²) in [6, 6.07) is 5.54. The summed E-state index contributed by atoms with van der Waals surface area (Å²) in [6.45, 7) is 5.82. The van der Waals surface area contributed by atoms with E-state index in [1.165, 1.54) is 7.05 Å². The summed E-state index contributed by atoms with van der Waals surface area (Å²) in [5, 5.41) is 0. The molecule has 0 amide bonds. The Labute approximate surface area is 108 Å². The third-order valence-corrected chi connectivity index (χ3v) is 1.82. The SMILES string of the molecule is CC.CN.Cc1nc(N)cc(-c2cccnc2)n1. The molecule has 0 fully saturated rings. The average molecular weight is 247 g/mol. The van der Waals surface area contributed by atoms with Crippen molar-refractivity contribution in [1.29, 1.82) is 0 Å². The van der Waals surface area contributed by atoms with Crippen molar-refractivity contribution in [3.63, 3.8) is 0 Å². The van der Waals surface area contributed by atoms with Gasteiger partial charge in [0, 0.05) is 24.0 Å². The predicted molar refractivity (Wildman–Crippen MR) is 75.9 cm³/mol. The summed E-state index contributed by atoms with van der Waals surface area (Å²) >= 11 is 0. The van der Waals surface area contributed by atoms with Gasteiger partial charge in [-0.25, -0.2) is 9.97 Å². The molecule has 2 heterocycles. The fourth-order valence-electron chi connectivity index (χ4n) is 1.25. The zero-order chi connectivity index (χ0) is 14.0. The molecule has 4 N–H and O–H groups in total. The van der Waals surface area contributed by atoms with Gasteiger partial charge in [0.2, 0.25) is 0 Å². The third-order valence-electron chi connectivity index (χ3n) is 1.82. The van der Waals surface area contributed by atoms with Crippen LogP contribution >= 0.6 is 0 Å². The second kappa shape index (κ2) is 9.07. The highest BCUT2D eigenvalue weighted by Crippen LogP contribution is 2.16. The number of hydrogen-bond acceptors (Lipinski definition) is 5. The van der Waals surface area contributed by atoms with Crippen LogP contribution in [0.2, 0.25) is 0 Å². The highest BCUT2D eigenvalue weighted by molar-refractivity contribution is 5.60. The van der Waals surface area contributed by atoms with Crippen LogP contribution in [0.1, 0.15) is 19.7 Å². The van der Waals surface area contributed by atoms with Crippen LogP contribution in [-0.2, 0) is 0 Å². The van der Waals surface area contributed by atoms with E-state index in [2.05, 4.69) is 20.7 Å². The fraction of sp³-hybridized carbons (Fsp3) is 0.308. The van der Waals surface area contributed by atoms with Crippen LogP contribution in [0.5, 0.6) is 0 Å². The number of nitrogens with two attached hydrogens (primary N) is 2. The molecule has 0 atom stereocenters. The van der Waals surface area contributed by atoms with Crippen LogP contribution in [0.3, 0.4) is 0 Å². The molecular formula is C13H21N5. The molecule has 0 aromatic carbocycles. The predicted octanol–water partition coefficient (Wildman–Crippen LogP) is 2.03. The molecule has 18 heavy (non-hydrogen) atoms. The van der Waals surface area contributed by atoms with Crippen LogP contribution in [-0.4, -0.2) is 22.0 Å². The number of nitrogens with zero attached hydrogens (tertiary/aromatic N) is 3. The number of pyridine rings is 1.